The molecule has 1 fully saturated rings. The summed E-state index contributed by atoms with van der Waals surface area (Å²) in [5.41, 5.74) is 1.21. The van der Waals surface area contributed by atoms with Crippen molar-refractivity contribution in [2.45, 2.75) is 44.6 Å². The van der Waals surface area contributed by atoms with E-state index in [2.05, 4.69) is 21.2 Å². The molecule has 0 bridgehead atoms. The van der Waals surface area contributed by atoms with Gasteiger partial charge in [-0.2, -0.15) is 0 Å². The summed E-state index contributed by atoms with van der Waals surface area (Å²) in [5, 5.41) is 30.1. The molecule has 4 N–H and O–H groups in total. The van der Waals surface area contributed by atoms with Crippen molar-refractivity contribution in [2.75, 3.05) is 18.1 Å². The van der Waals surface area contributed by atoms with E-state index in [9.17, 15) is 24.3 Å². The number of carboxylic acids is 3. The predicted molar refractivity (Wildman–Crippen MR) is 133 cm³/mol. The fourth-order valence-electron chi connectivity index (χ4n) is 3.98. The highest BCUT2D eigenvalue weighted by molar-refractivity contribution is 9.10. The molecule has 1 aliphatic carbocycles. The first-order chi connectivity index (χ1) is 16.7. The van der Waals surface area contributed by atoms with E-state index in [1.54, 1.807) is 29.2 Å². The van der Waals surface area contributed by atoms with Crippen molar-refractivity contribution in [2.24, 2.45) is 0 Å². The Morgan fingerprint density at radius 2 is 1.80 bits per heavy atom. The highest BCUT2D eigenvalue weighted by Crippen LogP contribution is 2.46. The molecule has 1 saturated carbocycles. The molecule has 0 aliphatic heterocycles. The Hall–Kier alpha value is -3.12. The summed E-state index contributed by atoms with van der Waals surface area (Å²) in [5.74, 6) is -3.56. The Morgan fingerprint density at radius 3 is 2.43 bits per heavy atom. The maximum atomic E-state index is 13.1. The number of hydrogen-bond donors (Lipinski definition) is 4. The zero-order chi connectivity index (χ0) is 25.5. The molecule has 1 aromatic heterocycles. The summed E-state index contributed by atoms with van der Waals surface area (Å²) in [6, 6.07) is 6.59. The Morgan fingerprint density at radius 1 is 1.09 bits per heavy atom. The lowest BCUT2D eigenvalue weighted by Crippen LogP contribution is -2.47. The van der Waals surface area contributed by atoms with Crippen molar-refractivity contribution >= 4 is 56.9 Å². The number of rotatable bonds is 10. The van der Waals surface area contributed by atoms with Crippen molar-refractivity contribution in [3.63, 3.8) is 0 Å². The Bertz CT molecular complexity index is 1110. The van der Waals surface area contributed by atoms with Gasteiger partial charge >= 0.3 is 23.9 Å². The van der Waals surface area contributed by atoms with Gasteiger partial charge in [0.15, 0.2) is 17.2 Å². The number of hydrogen-bond acceptors (Lipinski definition) is 6. The summed E-state index contributed by atoms with van der Waals surface area (Å²) in [7, 11) is 0. The zero-order valence-corrected chi connectivity index (χ0v) is 21.1. The first kappa shape index (κ1) is 26.5. The van der Waals surface area contributed by atoms with Crippen LogP contribution in [0.2, 0.25) is 0 Å². The van der Waals surface area contributed by atoms with Crippen LogP contribution in [0.5, 0.6) is 5.75 Å². The number of amides is 2. The van der Waals surface area contributed by atoms with Crippen molar-refractivity contribution in [1.29, 1.82) is 0 Å². The minimum Gasteiger partial charge on any atom is -0.481 e. The highest BCUT2D eigenvalue weighted by atomic mass is 79.9. The van der Waals surface area contributed by atoms with Crippen molar-refractivity contribution in [1.82, 2.24) is 5.32 Å². The average molecular weight is 569 g/mol. The van der Waals surface area contributed by atoms with Gasteiger partial charge in [-0.15, -0.1) is 11.3 Å². The van der Waals surface area contributed by atoms with Gasteiger partial charge in [0.25, 0.3) is 0 Å². The van der Waals surface area contributed by atoms with Crippen LogP contribution in [0.3, 0.4) is 0 Å². The van der Waals surface area contributed by atoms with E-state index in [0.717, 1.165) is 43.4 Å². The lowest BCUT2D eigenvalue weighted by molar-refractivity contribution is -0.139. The number of urea groups is 1. The van der Waals surface area contributed by atoms with E-state index in [1.807, 2.05) is 0 Å². The maximum absolute atomic E-state index is 13.1. The normalized spacial score (nSPS) is 13.7. The smallest absolute Gasteiger partial charge is 0.349 e. The van der Waals surface area contributed by atoms with Gasteiger partial charge in [0.05, 0.1) is 15.8 Å². The summed E-state index contributed by atoms with van der Waals surface area (Å²) in [6.45, 7) is -0.694. The number of carbonyl (C=O) groups is 4. The third-order valence-electron chi connectivity index (χ3n) is 5.50. The van der Waals surface area contributed by atoms with Crippen LogP contribution in [0.15, 0.2) is 28.7 Å². The van der Waals surface area contributed by atoms with Crippen LogP contribution in [0.4, 0.5) is 10.5 Å². The van der Waals surface area contributed by atoms with Crippen molar-refractivity contribution < 1.29 is 39.2 Å². The Kier molecular flexibility index (Phi) is 9.10. The fourth-order valence-corrected chi connectivity index (χ4v) is 5.86. The number of nitrogens with one attached hydrogen (secondary N) is 1. The molecule has 0 spiro atoms. The molecule has 1 aliphatic rings. The number of thiophene rings is 1. The lowest BCUT2D eigenvalue weighted by atomic mass is 9.94. The highest BCUT2D eigenvalue weighted by Gasteiger charge is 2.29. The van der Waals surface area contributed by atoms with E-state index in [-0.39, 0.29) is 29.6 Å². The number of carboxylic acid groups (broad SMARTS) is 3. The second-order valence-corrected chi connectivity index (χ2v) is 9.79. The van der Waals surface area contributed by atoms with E-state index in [0.29, 0.717) is 20.6 Å². The van der Waals surface area contributed by atoms with Gasteiger partial charge in [-0.25, -0.2) is 14.4 Å². The molecule has 2 amide bonds. The molecule has 0 radical (unpaired) electrons. The number of benzene rings is 1. The van der Waals surface area contributed by atoms with E-state index >= 15 is 0 Å². The Balaban J connectivity index is 1.97. The molecule has 0 atom stereocenters. The fraction of sp³-hybridized carbons (Fsp3) is 0.391. The molecule has 1 aromatic carbocycles. The van der Waals surface area contributed by atoms with Crippen LogP contribution >= 0.6 is 27.3 Å². The zero-order valence-electron chi connectivity index (χ0n) is 18.7. The third-order valence-corrected chi connectivity index (χ3v) is 7.73. The Labute approximate surface area is 213 Å². The molecular formula is C23H25BrN2O8S. The SMILES string of the molecule is O=C(O)CCNC(=O)N(c1cccc(-c2sc(C(=O)O)c(OCC(=O)O)c2Br)c1)C1CCCCC1. The van der Waals surface area contributed by atoms with Crippen molar-refractivity contribution in [3.8, 4) is 16.2 Å². The van der Waals surface area contributed by atoms with Gasteiger partial charge in [-0.1, -0.05) is 31.4 Å². The standard InChI is InChI=1S/C23H25BrN2O8S/c24-18-19(34-12-17(29)30)21(22(31)32)35-20(18)13-5-4-8-15(11-13)26(14-6-2-1-3-7-14)23(33)25-10-9-16(27)28/h4-5,8,11,14H,1-3,6-7,9-10,12H2,(H,25,33)(H,27,28)(H,29,30)(H,31,32). The van der Waals surface area contributed by atoms with Crippen LogP contribution < -0.4 is 15.0 Å². The number of aromatic carboxylic acids is 1. The van der Waals surface area contributed by atoms with Crippen molar-refractivity contribution in [3.05, 3.63) is 33.6 Å². The second-order valence-electron chi connectivity index (χ2n) is 7.98. The second kappa shape index (κ2) is 12.0. The van der Waals surface area contributed by atoms with Gasteiger partial charge in [0, 0.05) is 18.3 Å². The van der Waals surface area contributed by atoms with Crippen LogP contribution in [0.25, 0.3) is 10.4 Å². The minimum atomic E-state index is -1.25. The van der Waals surface area contributed by atoms with Gasteiger partial charge in [-0.3, -0.25) is 9.69 Å². The van der Waals surface area contributed by atoms with Crippen LogP contribution in [-0.4, -0.2) is 58.5 Å². The summed E-state index contributed by atoms with van der Waals surface area (Å²) in [6.07, 6.45) is 4.48. The largest absolute Gasteiger partial charge is 0.481 e. The van der Waals surface area contributed by atoms with Gasteiger partial charge in [-0.05, 0) is 46.5 Å². The van der Waals surface area contributed by atoms with Crippen LogP contribution in [-0.2, 0) is 9.59 Å². The van der Waals surface area contributed by atoms with Gasteiger partial charge in [0.1, 0.15) is 0 Å². The average Bonchev–Trinajstić information content (AvgIpc) is 3.15. The number of ether oxygens (including phenoxy) is 1. The monoisotopic (exact) mass is 568 g/mol. The topological polar surface area (TPSA) is 153 Å². The molecule has 0 saturated heterocycles. The molecule has 10 nitrogen and oxygen atoms in total. The number of anilines is 1. The summed E-state index contributed by atoms with van der Waals surface area (Å²) >= 11 is 4.28. The van der Waals surface area contributed by atoms with Crippen LogP contribution in [0.1, 0.15) is 48.2 Å². The number of halogens is 1. The number of aliphatic carboxylic acids is 2. The summed E-state index contributed by atoms with van der Waals surface area (Å²) < 4.78 is 5.54. The summed E-state index contributed by atoms with van der Waals surface area (Å²) in [4.78, 5) is 48.6. The van der Waals surface area contributed by atoms with E-state index in [1.165, 1.54) is 0 Å². The molecule has 35 heavy (non-hydrogen) atoms. The quantitative estimate of drug-likeness (QED) is 0.322. The van der Waals surface area contributed by atoms with Crippen LogP contribution in [0, 0.1) is 0 Å². The van der Waals surface area contributed by atoms with E-state index < -0.39 is 30.5 Å². The maximum Gasteiger partial charge on any atom is 0.349 e. The molecule has 1 heterocycles. The minimum absolute atomic E-state index is 0.000200. The number of nitrogens with zero attached hydrogens (tertiary/aromatic N) is 1. The molecule has 0 unspecified atom stereocenters. The van der Waals surface area contributed by atoms with E-state index in [4.69, 9.17) is 14.9 Å². The number of carbonyl (C=O) groups excluding carboxylic acids is 1. The molecular weight excluding hydrogens is 544 g/mol. The first-order valence-corrected chi connectivity index (χ1v) is 12.6. The predicted octanol–water partition coefficient (Wildman–Crippen LogP) is 4.66. The lowest BCUT2D eigenvalue weighted by Gasteiger charge is -2.34. The molecule has 188 valence electrons. The molecule has 3 rings (SSSR count). The molecule has 2 aromatic rings. The molecule has 12 heteroatoms. The third kappa shape index (κ3) is 6.73. The van der Waals surface area contributed by atoms with Gasteiger partial charge < -0.3 is 25.4 Å². The first-order valence-electron chi connectivity index (χ1n) is 11.0. The van der Waals surface area contributed by atoms with Gasteiger partial charge in [0.2, 0.25) is 0 Å².